The Labute approximate surface area is 162 Å². The van der Waals surface area contributed by atoms with E-state index in [-0.39, 0.29) is 6.61 Å². The fourth-order valence-corrected chi connectivity index (χ4v) is 4.84. The van der Waals surface area contributed by atoms with E-state index in [1.54, 1.807) is 0 Å². The number of benzene rings is 1. The maximum Gasteiger partial charge on any atom is 0.126 e. The maximum atomic E-state index is 9.57. The number of aryl methyl sites for hydroxylation is 1. The molecule has 0 radical (unpaired) electrons. The molecule has 146 valence electrons. The quantitative estimate of drug-likeness (QED) is 0.851. The minimum Gasteiger partial charge on any atom is -0.395 e. The van der Waals surface area contributed by atoms with Gasteiger partial charge in [-0.3, -0.25) is 4.90 Å². The van der Waals surface area contributed by atoms with E-state index >= 15 is 0 Å². The van der Waals surface area contributed by atoms with Crippen LogP contribution in [0.25, 0.3) is 0 Å². The molecule has 4 rings (SSSR count). The predicted molar refractivity (Wildman–Crippen MR) is 108 cm³/mol. The Morgan fingerprint density at radius 2 is 1.81 bits per heavy atom. The van der Waals surface area contributed by atoms with E-state index in [9.17, 15) is 5.11 Å². The molecule has 0 spiro atoms. The second-order valence-corrected chi connectivity index (χ2v) is 7.95. The van der Waals surface area contributed by atoms with E-state index in [0.717, 1.165) is 39.0 Å². The highest BCUT2D eigenvalue weighted by molar-refractivity contribution is 5.15. The Balaban J connectivity index is 1.38. The third-order valence-corrected chi connectivity index (χ3v) is 6.28. The second-order valence-electron chi connectivity index (χ2n) is 7.95. The molecule has 1 atom stereocenters. The highest BCUT2D eigenvalue weighted by atomic mass is 16.3. The lowest BCUT2D eigenvalue weighted by atomic mass is 9.87. The molecule has 2 aliphatic rings. The molecule has 5 nitrogen and oxygen atoms in total. The third-order valence-electron chi connectivity index (χ3n) is 6.28. The van der Waals surface area contributed by atoms with Gasteiger partial charge in [0.05, 0.1) is 12.6 Å². The van der Waals surface area contributed by atoms with Crippen molar-refractivity contribution in [2.24, 2.45) is 5.92 Å². The van der Waals surface area contributed by atoms with Crippen LogP contribution in [-0.4, -0.2) is 63.8 Å². The summed E-state index contributed by atoms with van der Waals surface area (Å²) < 4.78 is 2.34. The number of nitrogens with zero attached hydrogens (tertiary/aromatic N) is 4. The number of hydrogen-bond donors (Lipinski definition) is 1. The highest BCUT2D eigenvalue weighted by Crippen LogP contribution is 2.36. The third kappa shape index (κ3) is 4.42. The van der Waals surface area contributed by atoms with Gasteiger partial charge in [0.25, 0.3) is 0 Å². The average molecular weight is 369 g/mol. The normalized spacial score (nSPS) is 22.5. The van der Waals surface area contributed by atoms with Crippen LogP contribution in [0, 0.1) is 5.92 Å². The summed E-state index contributed by atoms with van der Waals surface area (Å²) >= 11 is 0. The summed E-state index contributed by atoms with van der Waals surface area (Å²) in [6, 6.07) is 11.2. The summed E-state index contributed by atoms with van der Waals surface area (Å²) in [6.45, 7) is 6.57. The zero-order chi connectivity index (χ0) is 18.5. The van der Waals surface area contributed by atoms with Gasteiger partial charge >= 0.3 is 0 Å². The first kappa shape index (κ1) is 18.7. The van der Waals surface area contributed by atoms with E-state index in [2.05, 4.69) is 50.9 Å². The summed E-state index contributed by atoms with van der Waals surface area (Å²) in [5, 5.41) is 9.57. The van der Waals surface area contributed by atoms with Crippen LogP contribution in [0.1, 0.15) is 36.7 Å². The first-order valence-corrected chi connectivity index (χ1v) is 10.5. The Morgan fingerprint density at radius 3 is 2.59 bits per heavy atom. The molecule has 0 amide bonds. The SMILES string of the molecule is OCCN1CCCn2ccnc2C1C1CCN(CCc2ccccc2)CC1. The van der Waals surface area contributed by atoms with Gasteiger partial charge in [-0.25, -0.2) is 4.98 Å². The Morgan fingerprint density at radius 1 is 1.00 bits per heavy atom. The summed E-state index contributed by atoms with van der Waals surface area (Å²) in [5.74, 6) is 1.84. The molecule has 27 heavy (non-hydrogen) atoms. The molecule has 2 aromatic rings. The first-order valence-electron chi connectivity index (χ1n) is 10.5. The number of imidazole rings is 1. The van der Waals surface area contributed by atoms with E-state index in [0.29, 0.717) is 12.0 Å². The van der Waals surface area contributed by atoms with Crippen LogP contribution in [0.4, 0.5) is 0 Å². The number of hydrogen-bond acceptors (Lipinski definition) is 4. The van der Waals surface area contributed by atoms with Gasteiger partial charge in [0.1, 0.15) is 5.82 Å². The van der Waals surface area contributed by atoms with Gasteiger partial charge in [0.2, 0.25) is 0 Å². The van der Waals surface area contributed by atoms with Crippen molar-refractivity contribution in [3.63, 3.8) is 0 Å². The number of rotatable bonds is 6. The van der Waals surface area contributed by atoms with Crippen LogP contribution in [0.15, 0.2) is 42.7 Å². The molecule has 1 unspecified atom stereocenters. The topological polar surface area (TPSA) is 44.5 Å². The number of fused-ring (bicyclic) bond motifs is 1. The molecule has 1 fully saturated rings. The van der Waals surface area contributed by atoms with Crippen LogP contribution < -0.4 is 0 Å². The average Bonchev–Trinajstić information content (AvgIpc) is 3.09. The van der Waals surface area contributed by atoms with E-state index in [4.69, 9.17) is 4.98 Å². The number of aliphatic hydroxyl groups is 1. The van der Waals surface area contributed by atoms with Crippen molar-refractivity contribution in [2.45, 2.75) is 38.3 Å². The van der Waals surface area contributed by atoms with Crippen molar-refractivity contribution < 1.29 is 5.11 Å². The van der Waals surface area contributed by atoms with Crippen LogP contribution in [-0.2, 0) is 13.0 Å². The first-order chi connectivity index (χ1) is 13.3. The van der Waals surface area contributed by atoms with Crippen molar-refractivity contribution in [1.29, 1.82) is 0 Å². The number of piperidine rings is 1. The van der Waals surface area contributed by atoms with Crippen molar-refractivity contribution in [3.05, 3.63) is 54.1 Å². The number of likely N-dealkylation sites (tertiary alicyclic amines) is 1. The summed E-state index contributed by atoms with van der Waals surface area (Å²) in [6.07, 6.45) is 8.77. The van der Waals surface area contributed by atoms with Crippen LogP contribution >= 0.6 is 0 Å². The smallest absolute Gasteiger partial charge is 0.126 e. The molecule has 3 heterocycles. The lowest BCUT2D eigenvalue weighted by Crippen LogP contribution is -2.42. The zero-order valence-electron chi connectivity index (χ0n) is 16.2. The van der Waals surface area contributed by atoms with Crippen LogP contribution in [0.5, 0.6) is 0 Å². The Hall–Kier alpha value is -1.69. The molecule has 0 saturated carbocycles. The number of aromatic nitrogens is 2. The largest absolute Gasteiger partial charge is 0.395 e. The number of β-amino-alcohol motifs (C(OH)–C–C–N with tert-alkyl or cyclic N) is 1. The summed E-state index contributed by atoms with van der Waals surface area (Å²) in [4.78, 5) is 9.82. The minimum absolute atomic E-state index is 0.229. The zero-order valence-corrected chi connectivity index (χ0v) is 16.2. The van der Waals surface area contributed by atoms with E-state index < -0.39 is 0 Å². The molecule has 0 aliphatic carbocycles. The van der Waals surface area contributed by atoms with Crippen molar-refractivity contribution in [3.8, 4) is 0 Å². The summed E-state index contributed by atoms with van der Waals surface area (Å²) in [5.41, 5.74) is 1.43. The summed E-state index contributed by atoms with van der Waals surface area (Å²) in [7, 11) is 0. The van der Waals surface area contributed by atoms with Gasteiger partial charge < -0.3 is 14.6 Å². The fourth-order valence-electron chi connectivity index (χ4n) is 4.84. The number of aliphatic hydroxyl groups excluding tert-OH is 1. The van der Waals surface area contributed by atoms with Crippen LogP contribution in [0.2, 0.25) is 0 Å². The molecule has 0 bridgehead atoms. The molecular formula is C22H32N4O. The second kappa shape index (κ2) is 9.00. The standard InChI is InChI=1S/C22H32N4O/c27-18-17-25-11-4-12-26-16-10-23-22(26)21(25)20-8-14-24(15-9-20)13-7-19-5-2-1-3-6-19/h1-3,5-6,10,16,20-21,27H,4,7-9,11-15,17-18H2. The molecule has 1 aromatic carbocycles. The van der Waals surface area contributed by atoms with Crippen molar-refractivity contribution in [2.75, 3.05) is 39.3 Å². The molecule has 5 heteroatoms. The molecule has 1 saturated heterocycles. The highest BCUT2D eigenvalue weighted by Gasteiger charge is 2.35. The molecular weight excluding hydrogens is 336 g/mol. The fraction of sp³-hybridized carbons (Fsp3) is 0.591. The monoisotopic (exact) mass is 368 g/mol. The lowest BCUT2D eigenvalue weighted by molar-refractivity contribution is 0.0716. The Kier molecular flexibility index (Phi) is 6.22. The lowest BCUT2D eigenvalue weighted by Gasteiger charge is -2.40. The molecule has 1 N–H and O–H groups in total. The van der Waals surface area contributed by atoms with Gasteiger partial charge in [0, 0.05) is 38.6 Å². The van der Waals surface area contributed by atoms with E-state index in [1.165, 1.54) is 37.3 Å². The molecule has 1 aromatic heterocycles. The van der Waals surface area contributed by atoms with Crippen LogP contribution in [0.3, 0.4) is 0 Å². The van der Waals surface area contributed by atoms with Gasteiger partial charge in [0.15, 0.2) is 0 Å². The predicted octanol–water partition coefficient (Wildman–Crippen LogP) is 2.58. The molecule has 2 aliphatic heterocycles. The minimum atomic E-state index is 0.229. The van der Waals surface area contributed by atoms with Gasteiger partial charge in [-0.1, -0.05) is 30.3 Å². The Bertz CT molecular complexity index is 693. The van der Waals surface area contributed by atoms with Gasteiger partial charge in [-0.15, -0.1) is 0 Å². The van der Waals surface area contributed by atoms with Gasteiger partial charge in [-0.2, -0.15) is 0 Å². The van der Waals surface area contributed by atoms with Gasteiger partial charge in [-0.05, 0) is 50.3 Å². The van der Waals surface area contributed by atoms with E-state index in [1.807, 2.05) is 6.20 Å². The van der Waals surface area contributed by atoms with Crippen molar-refractivity contribution in [1.82, 2.24) is 19.4 Å². The van der Waals surface area contributed by atoms with Crippen molar-refractivity contribution >= 4 is 0 Å². The maximum absolute atomic E-state index is 9.57.